The van der Waals surface area contributed by atoms with Gasteiger partial charge in [0, 0.05) is 25.7 Å². The summed E-state index contributed by atoms with van der Waals surface area (Å²) in [5.74, 6) is -1.98. The van der Waals surface area contributed by atoms with Crippen LogP contribution in [0.2, 0.25) is 0 Å². The predicted octanol–water partition coefficient (Wildman–Crippen LogP) is 1.80. The summed E-state index contributed by atoms with van der Waals surface area (Å²) in [6, 6.07) is 5.72. The number of benzene rings is 1. The number of nitrogens with zero attached hydrogens (tertiary/aromatic N) is 1. The van der Waals surface area contributed by atoms with Crippen LogP contribution in [0, 0.1) is 11.8 Å². The lowest BCUT2D eigenvalue weighted by Gasteiger charge is -2.17. The molecule has 1 unspecified atom stereocenters. The smallest absolute Gasteiger partial charge is 0.307 e. The second-order valence-corrected chi connectivity index (χ2v) is 8.13. The van der Waals surface area contributed by atoms with E-state index in [-0.39, 0.29) is 28.8 Å². The van der Waals surface area contributed by atoms with Gasteiger partial charge in [0.2, 0.25) is 10.0 Å². The summed E-state index contributed by atoms with van der Waals surface area (Å²) >= 11 is 0. The lowest BCUT2D eigenvalue weighted by atomic mass is 9.98. The zero-order chi connectivity index (χ0) is 19.2. The number of amides is 1. The molecule has 1 rings (SSSR count). The number of nitrogens with one attached hydrogen (secondary N) is 1. The number of hydrogen-bond acceptors (Lipinski definition) is 4. The maximum atomic E-state index is 12.4. The number of carbonyl (C=O) groups is 2. The molecule has 7 nitrogen and oxygen atoms in total. The first kappa shape index (κ1) is 21.1. The Bertz CT molecular complexity index is 716. The number of carboxylic acids is 1. The van der Waals surface area contributed by atoms with E-state index in [9.17, 15) is 23.1 Å². The van der Waals surface area contributed by atoms with Crippen molar-refractivity contribution in [1.29, 1.82) is 0 Å². The van der Waals surface area contributed by atoms with Gasteiger partial charge in [0.25, 0.3) is 5.91 Å². The highest BCUT2D eigenvalue weighted by molar-refractivity contribution is 7.89. The number of aliphatic carboxylic acids is 1. The van der Waals surface area contributed by atoms with Gasteiger partial charge >= 0.3 is 5.97 Å². The van der Waals surface area contributed by atoms with Crippen LogP contribution in [-0.4, -0.2) is 50.4 Å². The lowest BCUT2D eigenvalue weighted by molar-refractivity contribution is -0.142. The van der Waals surface area contributed by atoms with Crippen LogP contribution in [0.15, 0.2) is 29.2 Å². The van der Waals surface area contributed by atoms with E-state index in [1.165, 1.54) is 23.1 Å². The van der Waals surface area contributed by atoms with E-state index >= 15 is 0 Å². The molecule has 0 spiro atoms. The molecule has 0 saturated heterocycles. The highest BCUT2D eigenvalue weighted by Gasteiger charge is 2.23. The Morgan fingerprint density at radius 3 is 2.44 bits per heavy atom. The molecule has 0 aliphatic heterocycles. The Labute approximate surface area is 149 Å². The molecule has 0 aliphatic carbocycles. The van der Waals surface area contributed by atoms with E-state index in [1.54, 1.807) is 13.1 Å². The van der Waals surface area contributed by atoms with Crippen LogP contribution in [0.25, 0.3) is 0 Å². The lowest BCUT2D eigenvalue weighted by Crippen LogP contribution is -2.34. The minimum Gasteiger partial charge on any atom is -0.481 e. The van der Waals surface area contributed by atoms with Crippen molar-refractivity contribution < 1.29 is 23.1 Å². The number of carbonyl (C=O) groups excluding carboxylic acids is 1. The van der Waals surface area contributed by atoms with Gasteiger partial charge in [-0.15, -0.1) is 0 Å². The Hall–Kier alpha value is -1.93. The van der Waals surface area contributed by atoms with Crippen molar-refractivity contribution in [3.8, 4) is 0 Å². The number of hydrogen-bond donors (Lipinski definition) is 2. The molecule has 0 aliphatic rings. The van der Waals surface area contributed by atoms with Crippen molar-refractivity contribution in [3.63, 3.8) is 0 Å². The molecular weight excluding hydrogens is 344 g/mol. The second-order valence-electron chi connectivity index (χ2n) is 6.36. The molecule has 0 fully saturated rings. The van der Waals surface area contributed by atoms with E-state index in [2.05, 4.69) is 4.72 Å². The third kappa shape index (κ3) is 6.13. The van der Waals surface area contributed by atoms with Crippen molar-refractivity contribution in [2.45, 2.75) is 32.1 Å². The van der Waals surface area contributed by atoms with Crippen LogP contribution >= 0.6 is 0 Å². The minimum atomic E-state index is -3.90. The molecule has 0 heterocycles. The molecule has 140 valence electrons. The molecular formula is C17H26N2O5S. The van der Waals surface area contributed by atoms with Crippen molar-refractivity contribution in [1.82, 2.24) is 9.62 Å². The maximum Gasteiger partial charge on any atom is 0.307 e. The zero-order valence-corrected chi connectivity index (χ0v) is 15.8. The van der Waals surface area contributed by atoms with Crippen LogP contribution in [0.3, 0.4) is 0 Å². The van der Waals surface area contributed by atoms with Gasteiger partial charge in [-0.1, -0.05) is 19.9 Å². The minimum absolute atomic E-state index is 0.0588. The predicted molar refractivity (Wildman–Crippen MR) is 94.8 cm³/mol. The summed E-state index contributed by atoms with van der Waals surface area (Å²) in [5, 5.41) is 9.21. The first-order valence-electron chi connectivity index (χ1n) is 8.16. The highest BCUT2D eigenvalue weighted by Crippen LogP contribution is 2.15. The Balaban J connectivity index is 2.95. The van der Waals surface area contributed by atoms with Gasteiger partial charge in [0.15, 0.2) is 0 Å². The van der Waals surface area contributed by atoms with Crippen molar-refractivity contribution in [2.24, 2.45) is 11.8 Å². The summed E-state index contributed by atoms with van der Waals surface area (Å²) in [6.07, 6.45) is 0.373. The van der Waals surface area contributed by atoms with Crippen LogP contribution < -0.4 is 4.72 Å². The molecule has 1 atom stereocenters. The van der Waals surface area contributed by atoms with Crippen LogP contribution in [0.1, 0.15) is 37.6 Å². The SMILES string of the molecule is CCN(C)C(=O)c1cccc(S(=O)(=O)NCC(CC(C)C)C(=O)O)c1. The standard InChI is InChI=1S/C17H26N2O5S/c1-5-19(4)16(20)13-7-6-8-15(10-13)25(23,24)18-11-14(17(21)22)9-12(2)3/h6-8,10,12,14,18H,5,9,11H2,1-4H3,(H,21,22). The average molecular weight is 370 g/mol. The van der Waals surface area contributed by atoms with Gasteiger partial charge in [0.1, 0.15) is 0 Å². The van der Waals surface area contributed by atoms with Crippen LogP contribution in [0.4, 0.5) is 0 Å². The molecule has 0 saturated carbocycles. The van der Waals surface area contributed by atoms with Crippen LogP contribution in [0.5, 0.6) is 0 Å². The topological polar surface area (TPSA) is 104 Å². The molecule has 0 bridgehead atoms. The fourth-order valence-corrected chi connectivity index (χ4v) is 3.42. The normalized spacial score (nSPS) is 12.8. The zero-order valence-electron chi connectivity index (χ0n) is 15.0. The first-order chi connectivity index (χ1) is 11.6. The Morgan fingerprint density at radius 2 is 1.92 bits per heavy atom. The maximum absolute atomic E-state index is 12.4. The van der Waals surface area contributed by atoms with Crippen LogP contribution in [-0.2, 0) is 14.8 Å². The Morgan fingerprint density at radius 1 is 1.28 bits per heavy atom. The molecule has 0 aromatic heterocycles. The second kappa shape index (κ2) is 8.96. The van der Waals surface area contributed by atoms with Gasteiger partial charge in [-0.25, -0.2) is 13.1 Å². The van der Waals surface area contributed by atoms with E-state index in [4.69, 9.17) is 0 Å². The van der Waals surface area contributed by atoms with E-state index in [0.29, 0.717) is 13.0 Å². The number of rotatable bonds is 9. The summed E-state index contributed by atoms with van der Waals surface area (Å²) < 4.78 is 27.2. The summed E-state index contributed by atoms with van der Waals surface area (Å²) in [5.41, 5.74) is 0.268. The van der Waals surface area contributed by atoms with Gasteiger partial charge in [-0.2, -0.15) is 0 Å². The summed E-state index contributed by atoms with van der Waals surface area (Å²) in [4.78, 5) is 24.8. The monoisotopic (exact) mass is 370 g/mol. The van der Waals surface area contributed by atoms with E-state index < -0.39 is 21.9 Å². The van der Waals surface area contributed by atoms with Crippen molar-refractivity contribution >= 4 is 21.9 Å². The summed E-state index contributed by atoms with van der Waals surface area (Å²) in [6.45, 7) is 5.89. The fraction of sp³-hybridized carbons (Fsp3) is 0.529. The van der Waals surface area contributed by atoms with Gasteiger partial charge in [0.05, 0.1) is 10.8 Å². The molecule has 0 radical (unpaired) electrons. The van der Waals surface area contributed by atoms with Gasteiger partial charge < -0.3 is 10.0 Å². The molecule has 1 aromatic carbocycles. The number of carboxylic acid groups (broad SMARTS) is 1. The van der Waals surface area contributed by atoms with Crippen molar-refractivity contribution in [2.75, 3.05) is 20.1 Å². The van der Waals surface area contributed by atoms with Crippen molar-refractivity contribution in [3.05, 3.63) is 29.8 Å². The molecule has 2 N–H and O–H groups in total. The third-order valence-corrected chi connectivity index (χ3v) is 5.26. The largest absolute Gasteiger partial charge is 0.481 e. The van der Waals surface area contributed by atoms with E-state index in [1.807, 2.05) is 20.8 Å². The first-order valence-corrected chi connectivity index (χ1v) is 9.64. The molecule has 8 heteroatoms. The van der Waals surface area contributed by atoms with Gasteiger partial charge in [-0.05, 0) is 37.5 Å². The average Bonchev–Trinajstić information content (AvgIpc) is 2.56. The molecule has 1 aromatic rings. The number of sulfonamides is 1. The van der Waals surface area contributed by atoms with Gasteiger partial charge in [-0.3, -0.25) is 9.59 Å². The Kier molecular flexibility index (Phi) is 7.57. The fourth-order valence-electron chi connectivity index (χ4n) is 2.29. The molecule has 25 heavy (non-hydrogen) atoms. The third-order valence-electron chi connectivity index (χ3n) is 3.84. The summed E-state index contributed by atoms with van der Waals surface area (Å²) in [7, 11) is -2.27. The highest BCUT2D eigenvalue weighted by atomic mass is 32.2. The molecule has 1 amide bonds. The van der Waals surface area contributed by atoms with E-state index in [0.717, 1.165) is 0 Å². The quantitative estimate of drug-likeness (QED) is 0.690.